The lowest BCUT2D eigenvalue weighted by atomic mass is 10.2. The lowest BCUT2D eigenvalue weighted by Crippen LogP contribution is -2.12. The van der Waals surface area contributed by atoms with Gasteiger partial charge in [0.05, 0.1) is 21.7 Å². The summed E-state index contributed by atoms with van der Waals surface area (Å²) >= 11 is 1.22. The maximum Gasteiger partial charge on any atom is 0.270 e. The minimum Gasteiger partial charge on any atom is -0.494 e. The van der Waals surface area contributed by atoms with Crippen LogP contribution in [0.15, 0.2) is 42.5 Å². The van der Waals surface area contributed by atoms with Gasteiger partial charge >= 0.3 is 0 Å². The summed E-state index contributed by atoms with van der Waals surface area (Å²) in [4.78, 5) is 26.6. The number of nitrogens with zero attached hydrogens (tertiary/aromatic N) is 2. The van der Waals surface area contributed by atoms with Crippen molar-refractivity contribution in [3.8, 4) is 5.75 Å². The highest BCUT2D eigenvalue weighted by molar-refractivity contribution is 7.22. The van der Waals surface area contributed by atoms with Crippen LogP contribution in [0.2, 0.25) is 0 Å². The molecule has 3 rings (SSSR count). The smallest absolute Gasteiger partial charge is 0.270 e. The molecular weight excluding hydrogens is 354 g/mol. The molecule has 1 N–H and O–H groups in total. The van der Waals surface area contributed by atoms with E-state index in [1.54, 1.807) is 6.07 Å². The number of hydrogen-bond acceptors (Lipinski definition) is 6. The average molecular weight is 371 g/mol. The normalized spacial score (nSPS) is 10.7. The number of aromatic nitrogens is 1. The molecule has 1 heterocycles. The molecule has 3 aromatic rings. The summed E-state index contributed by atoms with van der Waals surface area (Å²) in [6, 6.07) is 12.2. The second kappa shape index (κ2) is 7.92. The van der Waals surface area contributed by atoms with E-state index in [2.05, 4.69) is 10.3 Å². The number of rotatable bonds is 7. The molecule has 0 aliphatic rings. The lowest BCUT2D eigenvalue weighted by molar-refractivity contribution is -0.384. The Morgan fingerprint density at radius 1 is 1.27 bits per heavy atom. The molecule has 1 amide bonds. The molecule has 0 fully saturated rings. The molecule has 0 bridgehead atoms. The van der Waals surface area contributed by atoms with E-state index in [9.17, 15) is 14.9 Å². The molecule has 134 valence electrons. The van der Waals surface area contributed by atoms with Crippen molar-refractivity contribution in [2.45, 2.75) is 19.8 Å². The van der Waals surface area contributed by atoms with Gasteiger partial charge in [0, 0.05) is 18.6 Å². The van der Waals surface area contributed by atoms with Gasteiger partial charge in [-0.05, 0) is 31.5 Å². The van der Waals surface area contributed by atoms with Gasteiger partial charge < -0.3 is 10.1 Å². The highest BCUT2D eigenvalue weighted by Gasteiger charge is 2.12. The first-order valence-electron chi connectivity index (χ1n) is 8.05. The third kappa shape index (κ3) is 4.54. The molecule has 0 aliphatic carbocycles. The van der Waals surface area contributed by atoms with E-state index in [-0.39, 0.29) is 11.6 Å². The number of benzene rings is 2. The van der Waals surface area contributed by atoms with Crippen LogP contribution in [0, 0.1) is 17.0 Å². The summed E-state index contributed by atoms with van der Waals surface area (Å²) < 4.78 is 6.25. The van der Waals surface area contributed by atoms with E-state index < -0.39 is 4.92 Å². The standard InChI is InChI=1S/C18H17N3O4S/c1-12-4-7-14(8-5-12)25-10-2-3-17(22)20-18-19-15-9-6-13(21(23)24)11-16(15)26-18/h4-9,11H,2-3,10H2,1H3,(H,19,20,22). The Bertz CT molecular complexity index is 937. The fourth-order valence-corrected chi connectivity index (χ4v) is 3.23. The van der Waals surface area contributed by atoms with Gasteiger partial charge in [-0.3, -0.25) is 14.9 Å². The summed E-state index contributed by atoms with van der Waals surface area (Å²) in [6.45, 7) is 2.46. The van der Waals surface area contributed by atoms with E-state index in [1.807, 2.05) is 31.2 Å². The van der Waals surface area contributed by atoms with Crippen molar-refractivity contribution in [3.05, 3.63) is 58.1 Å². The van der Waals surface area contributed by atoms with Crippen LogP contribution in [0.3, 0.4) is 0 Å². The molecule has 0 aliphatic heterocycles. The topological polar surface area (TPSA) is 94.4 Å². The minimum absolute atomic E-state index is 0.00674. The second-order valence-electron chi connectivity index (χ2n) is 5.74. The van der Waals surface area contributed by atoms with Crippen LogP contribution >= 0.6 is 11.3 Å². The first-order chi connectivity index (χ1) is 12.5. The van der Waals surface area contributed by atoms with Crippen LogP contribution in [0.4, 0.5) is 10.8 Å². The average Bonchev–Trinajstić information content (AvgIpc) is 3.01. The predicted molar refractivity (Wildman–Crippen MR) is 101 cm³/mol. The Hall–Kier alpha value is -3.00. The number of anilines is 1. The Kier molecular flexibility index (Phi) is 5.43. The number of ether oxygens (including phenoxy) is 1. The highest BCUT2D eigenvalue weighted by atomic mass is 32.1. The Balaban J connectivity index is 1.49. The number of nitrogens with one attached hydrogen (secondary N) is 1. The number of carbonyl (C=O) groups is 1. The minimum atomic E-state index is -0.453. The van der Waals surface area contributed by atoms with Gasteiger partial charge in [0.1, 0.15) is 5.75 Å². The van der Waals surface area contributed by atoms with Gasteiger partial charge in [-0.15, -0.1) is 0 Å². The molecule has 0 radical (unpaired) electrons. The van der Waals surface area contributed by atoms with Crippen molar-refractivity contribution in [2.24, 2.45) is 0 Å². The van der Waals surface area contributed by atoms with E-state index >= 15 is 0 Å². The molecule has 0 unspecified atom stereocenters. The number of amides is 1. The molecule has 1 aromatic heterocycles. The van der Waals surface area contributed by atoms with Crippen molar-refractivity contribution in [3.63, 3.8) is 0 Å². The maximum absolute atomic E-state index is 12.0. The molecular formula is C18H17N3O4S. The Morgan fingerprint density at radius 3 is 2.77 bits per heavy atom. The quantitative estimate of drug-likeness (QED) is 0.379. The van der Waals surface area contributed by atoms with Crippen LogP contribution in [0.25, 0.3) is 10.2 Å². The van der Waals surface area contributed by atoms with Crippen LogP contribution < -0.4 is 10.1 Å². The van der Waals surface area contributed by atoms with Crippen molar-refractivity contribution in [2.75, 3.05) is 11.9 Å². The number of nitro groups is 1. The van der Waals surface area contributed by atoms with Crippen molar-refractivity contribution >= 4 is 38.3 Å². The summed E-state index contributed by atoms with van der Waals surface area (Å²) in [7, 11) is 0. The number of non-ortho nitro benzene ring substituents is 1. The van der Waals surface area contributed by atoms with Crippen LogP contribution in [-0.2, 0) is 4.79 Å². The first kappa shape index (κ1) is 17.8. The SMILES string of the molecule is Cc1ccc(OCCCC(=O)Nc2nc3ccc([N+](=O)[O-])cc3s2)cc1. The molecule has 0 atom stereocenters. The summed E-state index contributed by atoms with van der Waals surface area (Å²) in [6.07, 6.45) is 0.887. The van der Waals surface area contributed by atoms with Crippen LogP contribution in [0.5, 0.6) is 5.75 Å². The summed E-state index contributed by atoms with van der Waals surface area (Å²) in [5, 5.41) is 14.0. The monoisotopic (exact) mass is 371 g/mol. The molecule has 0 spiro atoms. The van der Waals surface area contributed by atoms with E-state index in [0.29, 0.717) is 34.8 Å². The number of hydrogen-bond donors (Lipinski definition) is 1. The third-order valence-corrected chi connectivity index (χ3v) is 4.60. The predicted octanol–water partition coefficient (Wildman–Crippen LogP) is 4.31. The van der Waals surface area contributed by atoms with Crippen LogP contribution in [-0.4, -0.2) is 22.4 Å². The number of thiazole rings is 1. The Morgan fingerprint density at radius 2 is 2.04 bits per heavy atom. The van der Waals surface area contributed by atoms with Crippen molar-refractivity contribution in [1.82, 2.24) is 4.98 Å². The number of aryl methyl sites for hydroxylation is 1. The summed E-state index contributed by atoms with van der Waals surface area (Å²) in [5.41, 5.74) is 1.80. The van der Waals surface area contributed by atoms with Gasteiger partial charge in [-0.25, -0.2) is 4.98 Å². The van der Waals surface area contributed by atoms with Crippen molar-refractivity contribution in [1.29, 1.82) is 0 Å². The van der Waals surface area contributed by atoms with Crippen LogP contribution in [0.1, 0.15) is 18.4 Å². The lowest BCUT2D eigenvalue weighted by Gasteiger charge is -2.06. The van der Waals surface area contributed by atoms with Gasteiger partial charge in [0.2, 0.25) is 5.91 Å². The van der Waals surface area contributed by atoms with Gasteiger partial charge in [0.25, 0.3) is 5.69 Å². The molecule has 26 heavy (non-hydrogen) atoms. The maximum atomic E-state index is 12.0. The van der Waals surface area contributed by atoms with E-state index in [4.69, 9.17) is 4.74 Å². The largest absolute Gasteiger partial charge is 0.494 e. The number of nitro benzene ring substituents is 1. The molecule has 0 saturated heterocycles. The first-order valence-corrected chi connectivity index (χ1v) is 8.87. The zero-order chi connectivity index (χ0) is 18.5. The van der Waals surface area contributed by atoms with E-state index in [0.717, 1.165) is 11.3 Å². The molecule has 2 aromatic carbocycles. The third-order valence-electron chi connectivity index (χ3n) is 3.67. The molecule has 7 nitrogen and oxygen atoms in total. The fraction of sp³-hybridized carbons (Fsp3) is 0.222. The Labute approximate surface area is 153 Å². The zero-order valence-electron chi connectivity index (χ0n) is 14.1. The van der Waals surface area contributed by atoms with Gasteiger partial charge in [-0.1, -0.05) is 29.0 Å². The fourth-order valence-electron chi connectivity index (χ4n) is 2.32. The number of carbonyl (C=O) groups excluding carboxylic acids is 1. The summed E-state index contributed by atoms with van der Waals surface area (Å²) in [5.74, 6) is 0.620. The zero-order valence-corrected chi connectivity index (χ0v) is 14.9. The molecule has 8 heteroatoms. The number of fused-ring (bicyclic) bond motifs is 1. The van der Waals surface area contributed by atoms with E-state index in [1.165, 1.54) is 23.5 Å². The second-order valence-corrected chi connectivity index (χ2v) is 6.77. The van der Waals surface area contributed by atoms with Gasteiger partial charge in [0.15, 0.2) is 5.13 Å². The van der Waals surface area contributed by atoms with Crippen molar-refractivity contribution < 1.29 is 14.5 Å². The molecule has 0 saturated carbocycles. The van der Waals surface area contributed by atoms with Gasteiger partial charge in [-0.2, -0.15) is 0 Å². The highest BCUT2D eigenvalue weighted by Crippen LogP contribution is 2.29.